The third kappa shape index (κ3) is 3.33. The van der Waals surface area contributed by atoms with E-state index in [0.717, 1.165) is 6.20 Å². The second kappa shape index (κ2) is 7.09. The number of rotatable bonds is 4. The Morgan fingerprint density at radius 3 is 2.66 bits per heavy atom. The molecule has 2 N–H and O–H groups in total. The number of fused-ring (bicyclic) bond motifs is 2. The predicted octanol–water partition coefficient (Wildman–Crippen LogP) is 3.40. The number of aromatic nitrogens is 4. The first-order valence-electron chi connectivity index (χ1n) is 10.4. The van der Waals surface area contributed by atoms with E-state index in [1.165, 1.54) is 16.9 Å². The summed E-state index contributed by atoms with van der Waals surface area (Å²) in [6.45, 7) is 3.94. The monoisotopic (exact) mass is 438 g/mol. The zero-order valence-electron chi connectivity index (χ0n) is 18.0. The van der Waals surface area contributed by atoms with Gasteiger partial charge in [0.2, 0.25) is 0 Å². The number of hydrogen-bond acceptors (Lipinski definition) is 6. The number of nitrogens with one attached hydrogen (secondary N) is 1. The smallest absolute Gasteiger partial charge is 0.161 e. The molecule has 4 atom stereocenters. The minimum atomic E-state index is -1.11. The van der Waals surface area contributed by atoms with Crippen molar-refractivity contribution < 1.29 is 13.9 Å². The SMILES string of the molecule is CN(c1ccc(-c2ccc(-n3cc(F)cn3)cc2O)nn1)[C@H]1C[C@]2(C)C=C[C@@](C)(N2)[C@H]1F. The average Bonchev–Trinajstić information content (AvgIpc) is 3.32. The second-order valence-electron chi connectivity index (χ2n) is 9.02. The molecule has 0 spiro atoms. The number of hydrogen-bond donors (Lipinski definition) is 2. The molecule has 2 aliphatic rings. The lowest BCUT2D eigenvalue weighted by atomic mass is 9.81. The molecule has 3 aromatic rings. The highest BCUT2D eigenvalue weighted by molar-refractivity contribution is 5.69. The van der Waals surface area contributed by atoms with E-state index in [-0.39, 0.29) is 17.3 Å². The van der Waals surface area contributed by atoms with Gasteiger partial charge >= 0.3 is 0 Å². The van der Waals surface area contributed by atoms with Crippen LogP contribution >= 0.6 is 0 Å². The Kier molecular flexibility index (Phi) is 4.56. The highest BCUT2D eigenvalue weighted by Gasteiger charge is 2.53. The van der Waals surface area contributed by atoms with Crippen LogP contribution in [0.3, 0.4) is 0 Å². The van der Waals surface area contributed by atoms with E-state index in [0.29, 0.717) is 29.2 Å². The predicted molar refractivity (Wildman–Crippen MR) is 117 cm³/mol. The fraction of sp³-hybridized carbons (Fsp3) is 0.348. The fourth-order valence-electron chi connectivity index (χ4n) is 4.75. The zero-order chi connectivity index (χ0) is 22.7. The van der Waals surface area contributed by atoms with Crippen LogP contribution in [0.4, 0.5) is 14.6 Å². The van der Waals surface area contributed by atoms with Crippen molar-refractivity contribution in [1.82, 2.24) is 25.3 Å². The van der Waals surface area contributed by atoms with Crippen LogP contribution in [0.25, 0.3) is 16.9 Å². The number of nitrogens with zero attached hydrogens (tertiary/aromatic N) is 5. The van der Waals surface area contributed by atoms with E-state index >= 15 is 4.39 Å². The Bertz CT molecular complexity index is 1200. The maximum absolute atomic E-state index is 15.3. The summed E-state index contributed by atoms with van der Waals surface area (Å²) >= 11 is 0. The van der Waals surface area contributed by atoms with Gasteiger partial charge in [-0.2, -0.15) is 5.10 Å². The van der Waals surface area contributed by atoms with Crippen LogP contribution < -0.4 is 10.2 Å². The molecule has 0 unspecified atom stereocenters. The molecule has 166 valence electrons. The quantitative estimate of drug-likeness (QED) is 0.608. The first-order chi connectivity index (χ1) is 15.2. The Morgan fingerprint density at radius 2 is 2.00 bits per heavy atom. The third-order valence-electron chi connectivity index (χ3n) is 6.48. The number of aromatic hydroxyl groups is 1. The first-order valence-corrected chi connectivity index (χ1v) is 10.4. The molecule has 1 aromatic carbocycles. The Morgan fingerprint density at radius 1 is 1.19 bits per heavy atom. The molecule has 5 rings (SSSR count). The normalized spacial score (nSPS) is 28.8. The molecule has 0 saturated carbocycles. The molecule has 1 fully saturated rings. The van der Waals surface area contributed by atoms with Gasteiger partial charge in [0.25, 0.3) is 0 Å². The lowest BCUT2D eigenvalue weighted by Crippen LogP contribution is -2.66. The minimum Gasteiger partial charge on any atom is -0.507 e. The van der Waals surface area contributed by atoms with E-state index in [1.54, 1.807) is 24.3 Å². The summed E-state index contributed by atoms with van der Waals surface area (Å²) in [6, 6.07) is 8.02. The van der Waals surface area contributed by atoms with E-state index in [4.69, 9.17) is 0 Å². The van der Waals surface area contributed by atoms with Gasteiger partial charge in [-0.05, 0) is 44.5 Å². The molecule has 9 heteroatoms. The lowest BCUT2D eigenvalue weighted by molar-refractivity contribution is 0.100. The molecular formula is C23H24F2N6O. The number of phenols is 1. The van der Waals surface area contributed by atoms with Gasteiger partial charge in [0.15, 0.2) is 11.6 Å². The number of halogens is 2. The molecule has 2 aliphatic heterocycles. The van der Waals surface area contributed by atoms with E-state index in [2.05, 4.69) is 27.5 Å². The van der Waals surface area contributed by atoms with Crippen LogP contribution in [-0.4, -0.2) is 55.4 Å². The number of benzene rings is 1. The van der Waals surface area contributed by atoms with Crippen molar-refractivity contribution in [2.75, 3.05) is 11.9 Å². The fourth-order valence-corrected chi connectivity index (χ4v) is 4.75. The van der Waals surface area contributed by atoms with Gasteiger partial charge in [0, 0.05) is 24.2 Å². The summed E-state index contributed by atoms with van der Waals surface area (Å²) in [5, 5.41) is 26.3. The van der Waals surface area contributed by atoms with Gasteiger partial charge in [-0.1, -0.05) is 12.2 Å². The Hall–Kier alpha value is -3.33. The number of phenolic OH excluding ortho intramolecular Hbond substituents is 1. The summed E-state index contributed by atoms with van der Waals surface area (Å²) < 4.78 is 29.9. The van der Waals surface area contributed by atoms with Crippen molar-refractivity contribution in [3.8, 4) is 22.7 Å². The van der Waals surface area contributed by atoms with Gasteiger partial charge in [-0.15, -0.1) is 10.2 Å². The van der Waals surface area contributed by atoms with Crippen LogP contribution in [0, 0.1) is 5.82 Å². The van der Waals surface area contributed by atoms with E-state index in [9.17, 15) is 9.50 Å². The first kappa shape index (κ1) is 20.6. The van der Waals surface area contributed by atoms with Crippen molar-refractivity contribution >= 4 is 5.82 Å². The Balaban J connectivity index is 1.37. The van der Waals surface area contributed by atoms with Crippen LogP contribution in [0.15, 0.2) is 54.9 Å². The highest BCUT2D eigenvalue weighted by Crippen LogP contribution is 2.41. The van der Waals surface area contributed by atoms with Crippen molar-refractivity contribution in [3.05, 3.63) is 60.7 Å². The summed E-state index contributed by atoms with van der Waals surface area (Å²) in [6.07, 6.45) is 5.79. The minimum absolute atomic E-state index is 0.0283. The summed E-state index contributed by atoms with van der Waals surface area (Å²) in [5.41, 5.74) is 0.514. The van der Waals surface area contributed by atoms with Gasteiger partial charge in [0.05, 0.1) is 35.4 Å². The molecule has 0 aliphatic carbocycles. The number of piperidine rings is 1. The zero-order valence-corrected chi connectivity index (χ0v) is 18.0. The van der Waals surface area contributed by atoms with Crippen LogP contribution in [0.1, 0.15) is 20.3 Å². The molecule has 7 nitrogen and oxygen atoms in total. The molecule has 2 bridgehead atoms. The van der Waals surface area contributed by atoms with E-state index in [1.807, 2.05) is 31.0 Å². The maximum Gasteiger partial charge on any atom is 0.161 e. The summed E-state index contributed by atoms with van der Waals surface area (Å²) in [7, 11) is 1.83. The average molecular weight is 438 g/mol. The largest absolute Gasteiger partial charge is 0.507 e. The molecule has 4 heterocycles. The van der Waals surface area contributed by atoms with Gasteiger partial charge in [-0.25, -0.2) is 13.5 Å². The van der Waals surface area contributed by atoms with Gasteiger partial charge < -0.3 is 10.0 Å². The molecule has 32 heavy (non-hydrogen) atoms. The maximum atomic E-state index is 15.3. The van der Waals surface area contributed by atoms with Crippen LogP contribution in [0.5, 0.6) is 5.75 Å². The molecule has 0 radical (unpaired) electrons. The van der Waals surface area contributed by atoms with Crippen LogP contribution in [-0.2, 0) is 0 Å². The number of anilines is 1. The van der Waals surface area contributed by atoms with Crippen LogP contribution in [0.2, 0.25) is 0 Å². The van der Waals surface area contributed by atoms with Gasteiger partial charge in [0.1, 0.15) is 11.9 Å². The summed E-state index contributed by atoms with van der Waals surface area (Å²) in [4.78, 5) is 1.83. The molecular weight excluding hydrogens is 414 g/mol. The molecule has 1 saturated heterocycles. The Labute approximate surface area is 184 Å². The number of alkyl halides is 1. The van der Waals surface area contributed by atoms with Crippen molar-refractivity contribution in [2.24, 2.45) is 0 Å². The topological polar surface area (TPSA) is 79.1 Å². The second-order valence-corrected chi connectivity index (χ2v) is 9.02. The van der Waals surface area contributed by atoms with Gasteiger partial charge in [-0.3, -0.25) is 5.32 Å². The standard InChI is InChI=1S/C23H24F2N6O/c1-22-8-9-23(2,29-22)21(25)18(11-22)30(3)20-7-6-17(27-28-20)16-5-4-15(10-19(16)32)31-13-14(24)12-26-31/h4-10,12-13,18,21,29,32H,11H2,1-3H3/t18-,21-,22-,23+/m0/s1. The van der Waals surface area contributed by atoms with Crippen molar-refractivity contribution in [3.63, 3.8) is 0 Å². The third-order valence-corrected chi connectivity index (χ3v) is 6.48. The van der Waals surface area contributed by atoms with E-state index < -0.39 is 17.5 Å². The lowest BCUT2D eigenvalue weighted by Gasteiger charge is -2.47. The van der Waals surface area contributed by atoms with Crippen molar-refractivity contribution in [1.29, 1.82) is 0 Å². The highest BCUT2D eigenvalue weighted by atomic mass is 19.1. The summed E-state index contributed by atoms with van der Waals surface area (Å²) in [5.74, 6) is 0.0627. The molecule has 0 amide bonds. The molecule has 2 aromatic heterocycles. The van der Waals surface area contributed by atoms with Crippen molar-refractivity contribution in [2.45, 2.75) is 43.6 Å².